The summed E-state index contributed by atoms with van der Waals surface area (Å²) in [4.78, 5) is 16.4. The number of rotatable bonds is 5. The first-order valence-electron chi connectivity index (χ1n) is 7.51. The van der Waals surface area contributed by atoms with Crippen molar-refractivity contribution in [2.45, 2.75) is 25.4 Å². The van der Waals surface area contributed by atoms with Crippen LogP contribution in [0, 0.1) is 0 Å². The van der Waals surface area contributed by atoms with E-state index in [-0.39, 0.29) is 5.91 Å². The van der Waals surface area contributed by atoms with E-state index in [1.807, 2.05) is 36.4 Å². The zero-order chi connectivity index (χ0) is 15.2. The van der Waals surface area contributed by atoms with Crippen LogP contribution < -0.4 is 10.6 Å². The minimum atomic E-state index is -0.156. The summed E-state index contributed by atoms with van der Waals surface area (Å²) in [7, 11) is 0. The summed E-state index contributed by atoms with van der Waals surface area (Å²) in [5.41, 5.74) is 2.45. The molecule has 112 valence electrons. The fourth-order valence-corrected chi connectivity index (χ4v) is 2.48. The van der Waals surface area contributed by atoms with Crippen molar-refractivity contribution in [2.24, 2.45) is 0 Å². The van der Waals surface area contributed by atoms with Crippen molar-refractivity contribution in [3.8, 4) is 0 Å². The van der Waals surface area contributed by atoms with Gasteiger partial charge >= 0.3 is 0 Å². The molecule has 22 heavy (non-hydrogen) atoms. The Hall–Kier alpha value is -2.62. The standard InChI is InChI=1S/C18H19N3O/c22-18(20-13-14-6-2-1-3-7-14)17-12-16(10-11-19-17)21-15-8-4-5-9-15/h1-7,10-12,15H,8-9,13H2,(H,19,21)(H,20,22). The van der Waals surface area contributed by atoms with Gasteiger partial charge in [-0.15, -0.1) is 0 Å². The van der Waals surface area contributed by atoms with Crippen molar-refractivity contribution < 1.29 is 4.79 Å². The molecule has 0 aliphatic heterocycles. The van der Waals surface area contributed by atoms with Gasteiger partial charge in [0.15, 0.2) is 0 Å². The first-order valence-corrected chi connectivity index (χ1v) is 7.51. The highest BCUT2D eigenvalue weighted by atomic mass is 16.1. The minimum Gasteiger partial charge on any atom is -0.382 e. The molecule has 0 fully saturated rings. The van der Waals surface area contributed by atoms with Crippen LogP contribution in [0.4, 0.5) is 5.69 Å². The Kier molecular flexibility index (Phi) is 4.49. The molecule has 1 heterocycles. The normalized spacial score (nSPS) is 14.0. The molecule has 1 aliphatic carbocycles. The van der Waals surface area contributed by atoms with Crippen LogP contribution in [0.3, 0.4) is 0 Å². The SMILES string of the molecule is O=C(NCc1ccccc1)c1cc(NC2CC=CC2)ccn1. The molecule has 0 spiro atoms. The van der Waals surface area contributed by atoms with Crippen molar-refractivity contribution in [3.63, 3.8) is 0 Å². The number of carbonyl (C=O) groups excluding carboxylic acids is 1. The highest BCUT2D eigenvalue weighted by Crippen LogP contribution is 2.17. The van der Waals surface area contributed by atoms with Crippen molar-refractivity contribution in [2.75, 3.05) is 5.32 Å². The van der Waals surface area contributed by atoms with Gasteiger partial charge in [0.2, 0.25) is 0 Å². The first kappa shape index (κ1) is 14.3. The summed E-state index contributed by atoms with van der Waals surface area (Å²) in [6.07, 6.45) is 8.07. The molecule has 4 heteroatoms. The number of benzene rings is 1. The maximum atomic E-state index is 12.2. The highest BCUT2D eigenvalue weighted by Gasteiger charge is 2.12. The van der Waals surface area contributed by atoms with Gasteiger partial charge in [0.1, 0.15) is 5.69 Å². The van der Waals surface area contributed by atoms with E-state index in [1.54, 1.807) is 12.3 Å². The number of anilines is 1. The van der Waals surface area contributed by atoms with E-state index in [0.717, 1.165) is 24.1 Å². The number of amides is 1. The summed E-state index contributed by atoms with van der Waals surface area (Å²) in [5.74, 6) is -0.156. The van der Waals surface area contributed by atoms with E-state index in [1.165, 1.54) is 0 Å². The maximum Gasteiger partial charge on any atom is 0.270 e. The highest BCUT2D eigenvalue weighted by molar-refractivity contribution is 5.93. The van der Waals surface area contributed by atoms with Crippen LogP contribution in [0.2, 0.25) is 0 Å². The lowest BCUT2D eigenvalue weighted by Gasteiger charge is -2.14. The number of hydrogen-bond acceptors (Lipinski definition) is 3. The molecule has 0 bridgehead atoms. The summed E-state index contributed by atoms with van der Waals surface area (Å²) in [5, 5.41) is 6.32. The molecule has 1 amide bonds. The van der Waals surface area contributed by atoms with Gasteiger partial charge in [-0.2, -0.15) is 0 Å². The number of carbonyl (C=O) groups is 1. The predicted octanol–water partition coefficient (Wildman–Crippen LogP) is 3.14. The average molecular weight is 293 g/mol. The van der Waals surface area contributed by atoms with Gasteiger partial charge < -0.3 is 10.6 Å². The Morgan fingerprint density at radius 2 is 1.91 bits per heavy atom. The third-order valence-electron chi connectivity index (χ3n) is 3.67. The van der Waals surface area contributed by atoms with Crippen molar-refractivity contribution in [1.29, 1.82) is 0 Å². The van der Waals surface area contributed by atoms with Gasteiger partial charge in [-0.3, -0.25) is 9.78 Å². The molecule has 0 saturated carbocycles. The van der Waals surface area contributed by atoms with Gasteiger partial charge in [0.05, 0.1) is 0 Å². The molecule has 2 aromatic rings. The Balaban J connectivity index is 1.60. The topological polar surface area (TPSA) is 54.0 Å². The zero-order valence-corrected chi connectivity index (χ0v) is 12.3. The first-order chi connectivity index (χ1) is 10.8. The number of pyridine rings is 1. The van der Waals surface area contributed by atoms with Crippen LogP contribution in [0.15, 0.2) is 60.8 Å². The van der Waals surface area contributed by atoms with E-state index >= 15 is 0 Å². The number of nitrogens with zero attached hydrogens (tertiary/aromatic N) is 1. The average Bonchev–Trinajstić information content (AvgIpc) is 3.07. The van der Waals surface area contributed by atoms with Gasteiger partial charge in [0, 0.05) is 24.5 Å². The van der Waals surface area contributed by atoms with Crippen LogP contribution in [0.1, 0.15) is 28.9 Å². The largest absolute Gasteiger partial charge is 0.382 e. The number of aromatic nitrogens is 1. The molecule has 0 saturated heterocycles. The third-order valence-corrected chi connectivity index (χ3v) is 3.67. The zero-order valence-electron chi connectivity index (χ0n) is 12.3. The minimum absolute atomic E-state index is 0.156. The second-order valence-electron chi connectivity index (χ2n) is 5.38. The Bertz CT molecular complexity index is 659. The van der Waals surface area contributed by atoms with Crippen LogP contribution in [-0.2, 0) is 6.54 Å². The molecule has 1 aromatic carbocycles. The van der Waals surface area contributed by atoms with E-state index in [4.69, 9.17) is 0 Å². The molecule has 0 unspecified atom stereocenters. The monoisotopic (exact) mass is 293 g/mol. The van der Waals surface area contributed by atoms with E-state index in [9.17, 15) is 4.79 Å². The van der Waals surface area contributed by atoms with Crippen LogP contribution in [-0.4, -0.2) is 16.9 Å². The van der Waals surface area contributed by atoms with Crippen molar-refractivity contribution >= 4 is 11.6 Å². The lowest BCUT2D eigenvalue weighted by Crippen LogP contribution is -2.24. The summed E-state index contributed by atoms with van der Waals surface area (Å²) >= 11 is 0. The predicted molar refractivity (Wildman–Crippen MR) is 87.6 cm³/mol. The van der Waals surface area contributed by atoms with Gasteiger partial charge in [-0.05, 0) is 30.5 Å². The van der Waals surface area contributed by atoms with Crippen LogP contribution >= 0.6 is 0 Å². The second kappa shape index (κ2) is 6.89. The lowest BCUT2D eigenvalue weighted by atomic mass is 10.2. The molecule has 4 nitrogen and oxygen atoms in total. The second-order valence-corrected chi connectivity index (χ2v) is 5.38. The maximum absolute atomic E-state index is 12.2. The molecular formula is C18H19N3O. The Morgan fingerprint density at radius 1 is 1.14 bits per heavy atom. The fraction of sp³-hybridized carbons (Fsp3) is 0.222. The van der Waals surface area contributed by atoms with E-state index in [0.29, 0.717) is 18.3 Å². The molecule has 3 rings (SSSR count). The quantitative estimate of drug-likeness (QED) is 0.833. The molecule has 1 aromatic heterocycles. The third kappa shape index (κ3) is 3.73. The fourth-order valence-electron chi connectivity index (χ4n) is 2.48. The molecule has 0 atom stereocenters. The van der Waals surface area contributed by atoms with Crippen molar-refractivity contribution in [3.05, 3.63) is 72.1 Å². The summed E-state index contributed by atoms with van der Waals surface area (Å²) in [6, 6.07) is 14.0. The summed E-state index contributed by atoms with van der Waals surface area (Å²) < 4.78 is 0. The number of nitrogens with one attached hydrogen (secondary N) is 2. The molecule has 1 aliphatic rings. The number of hydrogen-bond donors (Lipinski definition) is 2. The Labute approximate surface area is 130 Å². The molecule has 0 radical (unpaired) electrons. The van der Waals surface area contributed by atoms with E-state index in [2.05, 4.69) is 27.8 Å². The van der Waals surface area contributed by atoms with Gasteiger partial charge in [0.25, 0.3) is 5.91 Å². The smallest absolute Gasteiger partial charge is 0.270 e. The van der Waals surface area contributed by atoms with Crippen LogP contribution in [0.25, 0.3) is 0 Å². The molecule has 2 N–H and O–H groups in total. The molecular weight excluding hydrogens is 274 g/mol. The van der Waals surface area contributed by atoms with E-state index < -0.39 is 0 Å². The van der Waals surface area contributed by atoms with Crippen LogP contribution in [0.5, 0.6) is 0 Å². The van der Waals surface area contributed by atoms with Crippen molar-refractivity contribution in [1.82, 2.24) is 10.3 Å². The van der Waals surface area contributed by atoms with Gasteiger partial charge in [-0.1, -0.05) is 42.5 Å². The summed E-state index contributed by atoms with van der Waals surface area (Å²) in [6.45, 7) is 0.506. The Morgan fingerprint density at radius 3 is 2.68 bits per heavy atom. The van der Waals surface area contributed by atoms with Gasteiger partial charge in [-0.25, -0.2) is 0 Å². The lowest BCUT2D eigenvalue weighted by molar-refractivity contribution is 0.0946.